The minimum absolute atomic E-state index is 0.453. The van der Waals surface area contributed by atoms with Crippen LogP contribution in [0.15, 0.2) is 67.3 Å². The van der Waals surface area contributed by atoms with Crippen LogP contribution in [0.1, 0.15) is 112 Å². The van der Waals surface area contributed by atoms with Crippen LogP contribution in [0, 0.1) is 13.8 Å². The molecule has 0 saturated heterocycles. The van der Waals surface area contributed by atoms with Gasteiger partial charge in [-0.25, -0.2) is 4.98 Å². The zero-order chi connectivity index (χ0) is 30.3. The Morgan fingerprint density at radius 3 is 1.12 bits per heavy atom. The zero-order valence-electron chi connectivity index (χ0n) is 27.3. The average Bonchev–Trinajstić information content (AvgIpc) is 3.62. The largest absolute Gasteiger partial charge is 0.327 e. The topological polar surface area (TPSA) is 25.9 Å². The summed E-state index contributed by atoms with van der Waals surface area (Å²) in [6, 6.07) is 15.8. The summed E-state index contributed by atoms with van der Waals surface area (Å²) in [7, 11) is 0. The Hall–Kier alpha value is -3.73. The zero-order valence-corrected chi connectivity index (χ0v) is 27.3. The molecule has 5 rings (SSSR count). The third-order valence-electron chi connectivity index (χ3n) is 8.62. The van der Waals surface area contributed by atoms with Gasteiger partial charge < -0.3 is 19.6 Å². The average molecular weight is 564 g/mol. The first-order valence-corrected chi connectivity index (χ1v) is 15.6. The van der Waals surface area contributed by atoms with Crippen LogP contribution in [-0.2, 0) is 0 Å². The number of benzene rings is 2. The van der Waals surface area contributed by atoms with Crippen molar-refractivity contribution in [2.45, 2.75) is 92.9 Å². The fourth-order valence-electron chi connectivity index (χ4n) is 6.40. The van der Waals surface area contributed by atoms with E-state index in [-0.39, 0.29) is 0 Å². The third-order valence-corrected chi connectivity index (χ3v) is 8.62. The van der Waals surface area contributed by atoms with Gasteiger partial charge in [0, 0.05) is 36.2 Å². The molecule has 0 fully saturated rings. The number of aryl methyl sites for hydroxylation is 2. The van der Waals surface area contributed by atoms with Crippen LogP contribution in [0.3, 0.4) is 0 Å². The van der Waals surface area contributed by atoms with E-state index in [1.807, 2.05) is 0 Å². The molecule has 0 atom stereocenters. The Balaban J connectivity index is 1.44. The molecule has 0 N–H and O–H groups in total. The molecule has 1 aromatic heterocycles. The monoisotopic (exact) mass is 563 g/mol. The van der Waals surface area contributed by atoms with E-state index in [2.05, 4.69) is 156 Å². The predicted molar refractivity (Wildman–Crippen MR) is 181 cm³/mol. The highest BCUT2D eigenvalue weighted by molar-refractivity contribution is 5.70. The van der Waals surface area contributed by atoms with E-state index in [1.54, 1.807) is 0 Å². The van der Waals surface area contributed by atoms with Crippen molar-refractivity contribution in [3.63, 3.8) is 0 Å². The summed E-state index contributed by atoms with van der Waals surface area (Å²) >= 11 is 0. The molecule has 3 heterocycles. The smallest absolute Gasteiger partial charge is 0.139 e. The molecule has 0 radical (unpaired) electrons. The fraction of sp³-hybridized carbons (Fsp3) is 0.432. The first-order valence-electron chi connectivity index (χ1n) is 15.6. The van der Waals surface area contributed by atoms with E-state index < -0.39 is 0 Å². The Labute approximate surface area is 254 Å². The minimum atomic E-state index is 0.453. The molecule has 222 valence electrons. The van der Waals surface area contributed by atoms with Crippen molar-refractivity contribution < 1.29 is 0 Å². The van der Waals surface area contributed by atoms with Crippen LogP contribution in [-0.4, -0.2) is 18.3 Å². The van der Waals surface area contributed by atoms with Crippen LogP contribution in [0.2, 0.25) is 0 Å². The Bertz CT molecular complexity index is 1330. The molecule has 5 nitrogen and oxygen atoms in total. The van der Waals surface area contributed by atoms with Crippen LogP contribution >= 0.6 is 0 Å². The molecule has 0 aliphatic carbocycles. The molecule has 2 aliphatic rings. The van der Waals surface area contributed by atoms with Crippen LogP contribution in [0.5, 0.6) is 0 Å². The first-order chi connectivity index (χ1) is 20.0. The van der Waals surface area contributed by atoms with Crippen LogP contribution in [0.25, 0.3) is 0 Å². The maximum absolute atomic E-state index is 5.32. The van der Waals surface area contributed by atoms with Crippen molar-refractivity contribution >= 4 is 23.0 Å². The number of para-hydroxylation sites is 2. The lowest BCUT2D eigenvalue weighted by Gasteiger charge is -2.30. The summed E-state index contributed by atoms with van der Waals surface area (Å²) in [5, 5.41) is 0. The number of anilines is 4. The molecular weight excluding hydrogens is 514 g/mol. The maximum atomic E-state index is 5.32. The SMILES string of the molecule is Cc1cc(C)c(N2C=CN(c3c(C(C)C)cccc3C(C)C)C2)nc1N1C=CN(c2c(C(C)C)cccc2C(C)C)C1. The van der Waals surface area contributed by atoms with Gasteiger partial charge in [-0.1, -0.05) is 91.8 Å². The highest BCUT2D eigenvalue weighted by Crippen LogP contribution is 2.40. The second-order valence-electron chi connectivity index (χ2n) is 13.2. The number of hydrogen-bond acceptors (Lipinski definition) is 5. The normalized spacial score (nSPS) is 15.2. The summed E-state index contributed by atoms with van der Waals surface area (Å²) in [6.07, 6.45) is 8.83. The van der Waals surface area contributed by atoms with Gasteiger partial charge in [0.05, 0.1) is 0 Å². The molecule has 2 aromatic carbocycles. The van der Waals surface area contributed by atoms with Gasteiger partial charge in [-0.3, -0.25) is 0 Å². The Morgan fingerprint density at radius 2 is 0.810 bits per heavy atom. The summed E-state index contributed by atoms with van der Waals surface area (Å²) < 4.78 is 0. The predicted octanol–water partition coefficient (Wildman–Crippen LogP) is 9.70. The van der Waals surface area contributed by atoms with Crippen molar-refractivity contribution in [3.8, 4) is 0 Å². The lowest BCUT2D eigenvalue weighted by molar-refractivity contribution is 0.813. The molecule has 0 unspecified atom stereocenters. The van der Waals surface area contributed by atoms with E-state index in [4.69, 9.17) is 4.98 Å². The summed E-state index contributed by atoms with van der Waals surface area (Å²) in [5.74, 6) is 3.84. The minimum Gasteiger partial charge on any atom is -0.327 e. The molecule has 0 spiro atoms. The van der Waals surface area contributed by atoms with Gasteiger partial charge in [0.25, 0.3) is 0 Å². The molecule has 0 saturated carbocycles. The van der Waals surface area contributed by atoms with E-state index in [0.717, 1.165) is 25.0 Å². The second kappa shape index (κ2) is 11.9. The van der Waals surface area contributed by atoms with Gasteiger partial charge in [0.15, 0.2) is 0 Å². The first kappa shape index (κ1) is 29.8. The Morgan fingerprint density at radius 1 is 0.500 bits per heavy atom. The van der Waals surface area contributed by atoms with E-state index in [9.17, 15) is 0 Å². The van der Waals surface area contributed by atoms with Gasteiger partial charge in [-0.05, 0) is 77.0 Å². The molecule has 5 heteroatoms. The Kier molecular flexibility index (Phi) is 8.41. The van der Waals surface area contributed by atoms with Gasteiger partial charge in [0.2, 0.25) is 0 Å². The van der Waals surface area contributed by atoms with Gasteiger partial charge in [-0.15, -0.1) is 0 Å². The van der Waals surface area contributed by atoms with Gasteiger partial charge >= 0.3 is 0 Å². The third kappa shape index (κ3) is 5.54. The highest BCUT2D eigenvalue weighted by atomic mass is 15.4. The lowest BCUT2D eigenvalue weighted by Crippen LogP contribution is -2.30. The maximum Gasteiger partial charge on any atom is 0.139 e. The van der Waals surface area contributed by atoms with E-state index >= 15 is 0 Å². The van der Waals surface area contributed by atoms with Crippen LogP contribution in [0.4, 0.5) is 23.0 Å². The molecule has 2 aliphatic heterocycles. The van der Waals surface area contributed by atoms with Crippen LogP contribution < -0.4 is 19.6 Å². The van der Waals surface area contributed by atoms with Gasteiger partial charge in [0.1, 0.15) is 25.0 Å². The second-order valence-corrected chi connectivity index (χ2v) is 13.2. The lowest BCUT2D eigenvalue weighted by atomic mass is 9.92. The van der Waals surface area contributed by atoms with E-state index in [0.29, 0.717) is 23.7 Å². The highest BCUT2D eigenvalue weighted by Gasteiger charge is 2.27. The molecule has 0 amide bonds. The number of aromatic nitrogens is 1. The number of nitrogens with zero attached hydrogens (tertiary/aromatic N) is 5. The molecular formula is C37H49N5. The van der Waals surface area contributed by atoms with Crippen molar-refractivity contribution in [2.75, 3.05) is 32.9 Å². The molecule has 0 bridgehead atoms. The van der Waals surface area contributed by atoms with Crippen molar-refractivity contribution in [2.24, 2.45) is 0 Å². The number of pyridine rings is 1. The number of hydrogen-bond donors (Lipinski definition) is 0. The standard InChI is InChI=1S/C37H49N5/c1-24(2)30-13-11-14-31(25(3)4)34(30)39-17-19-41(22-39)36-28(9)21-29(10)37(38-36)42-20-18-40(23-42)35-32(26(5)6)15-12-16-33(35)27(7)8/h11-21,24-27H,22-23H2,1-10H3. The molecule has 42 heavy (non-hydrogen) atoms. The fourth-order valence-corrected chi connectivity index (χ4v) is 6.40. The van der Waals surface area contributed by atoms with E-state index in [1.165, 1.54) is 44.8 Å². The van der Waals surface area contributed by atoms with Crippen molar-refractivity contribution in [1.29, 1.82) is 0 Å². The van der Waals surface area contributed by atoms with Crippen molar-refractivity contribution in [3.05, 3.63) is 101 Å². The van der Waals surface area contributed by atoms with Crippen molar-refractivity contribution in [1.82, 2.24) is 4.98 Å². The summed E-state index contributed by atoms with van der Waals surface area (Å²) in [6.45, 7) is 24.2. The quantitative estimate of drug-likeness (QED) is 0.272. The number of rotatable bonds is 8. The van der Waals surface area contributed by atoms with Gasteiger partial charge in [-0.2, -0.15) is 0 Å². The summed E-state index contributed by atoms with van der Waals surface area (Å²) in [5.41, 5.74) is 10.6. The molecule has 3 aromatic rings. The summed E-state index contributed by atoms with van der Waals surface area (Å²) in [4.78, 5) is 14.7.